The van der Waals surface area contributed by atoms with Crippen LogP contribution < -0.4 is 9.47 Å². The topological polar surface area (TPSA) is 37.3 Å². The molecule has 0 aliphatic carbocycles. The predicted molar refractivity (Wildman–Crippen MR) is 120 cm³/mol. The maximum Gasteiger partial charge on any atom is 0.118 e. The Morgan fingerprint density at radius 3 is 2.10 bits per heavy atom. The van der Waals surface area contributed by atoms with Gasteiger partial charge in [0.2, 0.25) is 0 Å². The number of nitrogens with zero attached hydrogens (tertiary/aromatic N) is 3. The number of halogens is 1. The molecule has 0 N–H and O–H groups in total. The van der Waals surface area contributed by atoms with Crippen LogP contribution in [-0.4, -0.2) is 57.0 Å². The molecule has 4 rings (SSSR count). The van der Waals surface area contributed by atoms with Gasteiger partial charge in [-0.1, -0.05) is 24.3 Å². The molecule has 2 heterocycles. The quantitative estimate of drug-likeness (QED) is 0.755. The molecule has 2 aromatic rings. The van der Waals surface area contributed by atoms with E-state index in [1.54, 1.807) is 14.2 Å². The summed E-state index contributed by atoms with van der Waals surface area (Å²) in [7, 11) is 7.65. The van der Waals surface area contributed by atoms with Gasteiger partial charge < -0.3 is 14.4 Å². The lowest BCUT2D eigenvalue weighted by molar-refractivity contribution is 0.211. The highest BCUT2D eigenvalue weighted by atomic mass is 35.5. The largest absolute Gasteiger partial charge is 0.497 e. The number of piperidine rings is 1. The Morgan fingerprint density at radius 2 is 1.52 bits per heavy atom. The first-order chi connectivity index (χ1) is 13.6. The minimum atomic E-state index is 0. The molecule has 0 amide bonds. The molecule has 0 spiro atoms. The number of hydrazone groups is 1. The smallest absolute Gasteiger partial charge is 0.118 e. The van der Waals surface area contributed by atoms with Crippen LogP contribution in [0.25, 0.3) is 6.08 Å². The number of likely N-dealkylation sites (N-methyl/N-ethyl adjacent to an activating group) is 1. The Hall–Kier alpha value is -2.50. The van der Waals surface area contributed by atoms with Crippen LogP contribution in [0, 0.1) is 5.92 Å². The molecule has 2 atom stereocenters. The number of hydrogen-bond donors (Lipinski definition) is 0. The second-order valence-corrected chi connectivity index (χ2v) is 7.52. The van der Waals surface area contributed by atoms with Gasteiger partial charge in [-0.3, -0.25) is 5.01 Å². The van der Waals surface area contributed by atoms with Crippen molar-refractivity contribution in [1.82, 2.24) is 9.91 Å². The van der Waals surface area contributed by atoms with E-state index in [0.29, 0.717) is 5.92 Å². The lowest BCUT2D eigenvalue weighted by Gasteiger charge is -2.34. The Morgan fingerprint density at radius 1 is 0.931 bits per heavy atom. The van der Waals surface area contributed by atoms with Crippen LogP contribution in [0.3, 0.4) is 0 Å². The maximum absolute atomic E-state index is 5.31. The minimum absolute atomic E-state index is 0. The first kappa shape index (κ1) is 21.2. The second-order valence-electron chi connectivity index (χ2n) is 7.52. The molecule has 0 bridgehead atoms. The van der Waals surface area contributed by atoms with Crippen molar-refractivity contribution in [3.63, 3.8) is 0 Å². The fraction of sp³-hybridized carbons (Fsp3) is 0.348. The molecule has 5 nitrogen and oxygen atoms in total. The summed E-state index contributed by atoms with van der Waals surface area (Å²) in [5.74, 6) is 2.10. The number of methoxy groups -OCH3 is 2. The van der Waals surface area contributed by atoms with Gasteiger partial charge in [-0.2, -0.15) is 5.10 Å². The predicted octanol–water partition coefficient (Wildman–Crippen LogP) is 4.11. The summed E-state index contributed by atoms with van der Waals surface area (Å²) in [5, 5.41) is 7.07. The van der Waals surface area contributed by atoms with E-state index < -0.39 is 0 Å². The normalized spacial score (nSPS) is 22.7. The molecule has 0 radical (unpaired) electrons. The van der Waals surface area contributed by atoms with Crippen LogP contribution in [0.4, 0.5) is 0 Å². The van der Waals surface area contributed by atoms with E-state index in [-0.39, 0.29) is 18.4 Å². The Kier molecular flexibility index (Phi) is 6.50. The van der Waals surface area contributed by atoms with Crippen molar-refractivity contribution in [2.45, 2.75) is 6.04 Å². The summed E-state index contributed by atoms with van der Waals surface area (Å²) in [5.41, 5.74) is 4.93. The van der Waals surface area contributed by atoms with E-state index >= 15 is 0 Å². The molecular formula is C23H28ClN3O2. The standard InChI is InChI=1S/C23H27N3O2.ClH/c1-25-14-18(13-16-5-9-19(27-3)10-6-16)22-21(15-25)23(26(2)24-22)17-7-11-20(28-4)12-8-17;/h5-13,21,23H,14-15H2,1-4H3;1H/b18-13+;. The molecule has 154 valence electrons. The van der Waals surface area contributed by atoms with Gasteiger partial charge in [-0.05, 0) is 54.1 Å². The minimum Gasteiger partial charge on any atom is -0.497 e. The van der Waals surface area contributed by atoms with Crippen LogP contribution in [-0.2, 0) is 0 Å². The van der Waals surface area contributed by atoms with Gasteiger partial charge >= 0.3 is 0 Å². The third-order valence-electron chi connectivity index (χ3n) is 5.59. The molecule has 0 aromatic heterocycles. The summed E-state index contributed by atoms with van der Waals surface area (Å²) in [6, 6.07) is 16.8. The van der Waals surface area contributed by atoms with Crippen molar-refractivity contribution in [2.75, 3.05) is 41.4 Å². The summed E-state index contributed by atoms with van der Waals surface area (Å²) < 4.78 is 10.6. The number of hydrogen-bond acceptors (Lipinski definition) is 5. The summed E-state index contributed by atoms with van der Waals surface area (Å²) in [6.45, 7) is 1.91. The highest BCUT2D eigenvalue weighted by Crippen LogP contribution is 2.40. The second kappa shape index (κ2) is 8.89. The van der Waals surface area contributed by atoms with Crippen molar-refractivity contribution in [3.05, 3.63) is 65.2 Å². The average molecular weight is 414 g/mol. The summed E-state index contributed by atoms with van der Waals surface area (Å²) in [4.78, 5) is 2.38. The van der Waals surface area contributed by atoms with Crippen LogP contribution in [0.15, 0.2) is 59.2 Å². The van der Waals surface area contributed by atoms with Gasteiger partial charge in [-0.15, -0.1) is 12.4 Å². The number of fused-ring (bicyclic) bond motifs is 1. The van der Waals surface area contributed by atoms with Gasteiger partial charge in [-0.25, -0.2) is 0 Å². The number of likely N-dealkylation sites (tertiary alicyclic amines) is 1. The molecule has 1 saturated heterocycles. The molecule has 0 saturated carbocycles. The molecule has 2 aromatic carbocycles. The van der Waals surface area contributed by atoms with Gasteiger partial charge in [0.1, 0.15) is 11.5 Å². The van der Waals surface area contributed by atoms with Crippen LogP contribution in [0.2, 0.25) is 0 Å². The fourth-order valence-corrected chi connectivity index (χ4v) is 4.25. The average Bonchev–Trinajstić information content (AvgIpc) is 3.04. The molecule has 6 heteroatoms. The number of ether oxygens (including phenoxy) is 2. The van der Waals surface area contributed by atoms with Crippen molar-refractivity contribution >= 4 is 24.2 Å². The Labute approximate surface area is 179 Å². The van der Waals surface area contributed by atoms with E-state index in [1.165, 1.54) is 22.4 Å². The van der Waals surface area contributed by atoms with Crippen molar-refractivity contribution in [3.8, 4) is 11.5 Å². The third-order valence-corrected chi connectivity index (χ3v) is 5.59. The molecule has 29 heavy (non-hydrogen) atoms. The molecule has 2 aliphatic rings. The highest BCUT2D eigenvalue weighted by molar-refractivity contribution is 6.07. The third kappa shape index (κ3) is 4.26. The van der Waals surface area contributed by atoms with Crippen molar-refractivity contribution in [1.29, 1.82) is 0 Å². The lowest BCUT2D eigenvalue weighted by atomic mass is 9.83. The fourth-order valence-electron chi connectivity index (χ4n) is 4.25. The van der Waals surface area contributed by atoms with Crippen molar-refractivity contribution in [2.24, 2.45) is 11.0 Å². The summed E-state index contributed by atoms with van der Waals surface area (Å²) >= 11 is 0. The number of benzene rings is 2. The maximum atomic E-state index is 5.31. The SMILES string of the molecule is COc1ccc(/C=C2\CN(C)CC3C2=NN(C)C3c2ccc(OC)cc2)cc1.Cl. The van der Waals surface area contributed by atoms with E-state index in [9.17, 15) is 0 Å². The zero-order valence-electron chi connectivity index (χ0n) is 17.3. The Bertz CT molecular complexity index is 893. The van der Waals surface area contributed by atoms with Crippen LogP contribution >= 0.6 is 12.4 Å². The van der Waals surface area contributed by atoms with E-state index in [4.69, 9.17) is 14.6 Å². The van der Waals surface area contributed by atoms with E-state index in [2.05, 4.69) is 54.3 Å². The zero-order chi connectivity index (χ0) is 19.7. The lowest BCUT2D eigenvalue weighted by Crippen LogP contribution is -2.41. The van der Waals surface area contributed by atoms with E-state index in [1.807, 2.05) is 24.3 Å². The first-order valence-corrected chi connectivity index (χ1v) is 9.58. The van der Waals surface area contributed by atoms with E-state index in [0.717, 1.165) is 24.6 Å². The monoisotopic (exact) mass is 413 g/mol. The first-order valence-electron chi connectivity index (χ1n) is 9.58. The molecular weight excluding hydrogens is 386 g/mol. The summed E-state index contributed by atoms with van der Waals surface area (Å²) in [6.07, 6.45) is 2.26. The van der Waals surface area contributed by atoms with Crippen LogP contribution in [0.1, 0.15) is 17.2 Å². The Balaban J connectivity index is 0.00000240. The van der Waals surface area contributed by atoms with Gasteiger partial charge in [0, 0.05) is 26.1 Å². The molecule has 2 aliphatic heterocycles. The van der Waals surface area contributed by atoms with Gasteiger partial charge in [0.25, 0.3) is 0 Å². The molecule has 2 unspecified atom stereocenters. The number of rotatable bonds is 4. The van der Waals surface area contributed by atoms with Gasteiger partial charge in [0.15, 0.2) is 0 Å². The van der Waals surface area contributed by atoms with Crippen LogP contribution in [0.5, 0.6) is 11.5 Å². The van der Waals surface area contributed by atoms with Gasteiger partial charge in [0.05, 0.1) is 26.0 Å². The molecule has 1 fully saturated rings. The zero-order valence-corrected chi connectivity index (χ0v) is 18.1. The highest BCUT2D eigenvalue weighted by Gasteiger charge is 2.41. The van der Waals surface area contributed by atoms with Crippen molar-refractivity contribution < 1.29 is 9.47 Å².